The molecule has 3 N–H and O–H groups in total. The second-order valence-electron chi connectivity index (χ2n) is 4.64. The Morgan fingerprint density at radius 2 is 2.11 bits per heavy atom. The average Bonchev–Trinajstić information content (AvgIpc) is 3.11. The van der Waals surface area contributed by atoms with Crippen LogP contribution >= 0.6 is 0 Å². The van der Waals surface area contributed by atoms with E-state index in [2.05, 4.69) is 5.32 Å². The molecule has 7 nitrogen and oxygen atoms in total. The number of nitrogens with two attached hydrogens (primary N) is 1. The summed E-state index contributed by atoms with van der Waals surface area (Å²) >= 11 is 0. The van der Waals surface area contributed by atoms with Gasteiger partial charge in [-0.2, -0.15) is 0 Å². The first-order valence-electron chi connectivity index (χ1n) is 5.93. The normalized spacial score (nSPS) is 15.2. The minimum absolute atomic E-state index is 0.238. The van der Waals surface area contributed by atoms with E-state index in [0.29, 0.717) is 18.2 Å². The molecule has 0 aromatic heterocycles. The maximum Gasteiger partial charge on any atom is 0.270 e. The van der Waals surface area contributed by atoms with Gasteiger partial charge in [0.2, 0.25) is 10.0 Å². The zero-order valence-electron chi connectivity index (χ0n) is 10.2. The van der Waals surface area contributed by atoms with E-state index >= 15 is 0 Å². The SMILES string of the molecule is NS(=O)(=O)c1cc([N+](=O)[O-])ccc1NCCC1CC1. The van der Waals surface area contributed by atoms with Crippen LogP contribution < -0.4 is 10.5 Å². The van der Waals surface area contributed by atoms with Crippen molar-refractivity contribution in [2.75, 3.05) is 11.9 Å². The molecule has 1 aliphatic rings. The fraction of sp³-hybridized carbons (Fsp3) is 0.455. The molecule has 0 amide bonds. The lowest BCUT2D eigenvalue weighted by Crippen LogP contribution is -2.16. The number of benzene rings is 1. The summed E-state index contributed by atoms with van der Waals surface area (Å²) in [7, 11) is -3.99. The van der Waals surface area contributed by atoms with E-state index < -0.39 is 14.9 Å². The molecule has 8 heteroatoms. The number of nitro groups is 1. The zero-order chi connectivity index (χ0) is 14.0. The molecule has 0 atom stereocenters. The summed E-state index contributed by atoms with van der Waals surface area (Å²) in [5, 5.41) is 18.7. The molecule has 0 radical (unpaired) electrons. The van der Waals surface area contributed by atoms with Crippen LogP contribution in [0.3, 0.4) is 0 Å². The second-order valence-corrected chi connectivity index (χ2v) is 6.17. The Hall–Kier alpha value is -1.67. The first-order valence-corrected chi connectivity index (χ1v) is 7.47. The van der Waals surface area contributed by atoms with Crippen LogP contribution in [0.15, 0.2) is 23.1 Å². The van der Waals surface area contributed by atoms with Gasteiger partial charge in [-0.15, -0.1) is 0 Å². The first-order chi connectivity index (χ1) is 8.88. The van der Waals surface area contributed by atoms with Crippen LogP contribution in [0.4, 0.5) is 11.4 Å². The predicted molar refractivity (Wildman–Crippen MR) is 70.3 cm³/mol. The van der Waals surface area contributed by atoms with Crippen LogP contribution in [0.5, 0.6) is 0 Å². The van der Waals surface area contributed by atoms with Crippen LogP contribution in [0, 0.1) is 16.0 Å². The predicted octanol–water partition coefficient (Wildman–Crippen LogP) is 1.45. The Morgan fingerprint density at radius 1 is 1.42 bits per heavy atom. The molecular weight excluding hydrogens is 270 g/mol. The van der Waals surface area contributed by atoms with Crippen molar-refractivity contribution in [3.8, 4) is 0 Å². The molecule has 104 valence electrons. The van der Waals surface area contributed by atoms with Gasteiger partial charge in [-0.1, -0.05) is 12.8 Å². The number of hydrogen-bond donors (Lipinski definition) is 2. The molecule has 1 aliphatic carbocycles. The number of nitrogens with zero attached hydrogens (tertiary/aromatic N) is 1. The monoisotopic (exact) mass is 285 g/mol. The van der Waals surface area contributed by atoms with Crippen LogP contribution in [0.2, 0.25) is 0 Å². The largest absolute Gasteiger partial charge is 0.384 e. The number of nitrogens with one attached hydrogen (secondary N) is 1. The third kappa shape index (κ3) is 3.65. The van der Waals surface area contributed by atoms with Gasteiger partial charge in [0.15, 0.2) is 0 Å². The van der Waals surface area contributed by atoms with Crippen LogP contribution in [-0.2, 0) is 10.0 Å². The quantitative estimate of drug-likeness (QED) is 0.606. The van der Waals surface area contributed by atoms with Crippen LogP contribution in [0.25, 0.3) is 0 Å². The highest BCUT2D eigenvalue weighted by atomic mass is 32.2. The summed E-state index contributed by atoms with van der Waals surface area (Å²) in [6.45, 7) is 0.630. The molecule has 19 heavy (non-hydrogen) atoms. The van der Waals surface area contributed by atoms with Gasteiger partial charge in [-0.3, -0.25) is 10.1 Å². The van der Waals surface area contributed by atoms with E-state index in [1.165, 1.54) is 25.0 Å². The van der Waals surface area contributed by atoms with Crippen LogP contribution in [-0.4, -0.2) is 19.9 Å². The molecule has 0 heterocycles. The summed E-state index contributed by atoms with van der Waals surface area (Å²) in [6, 6.07) is 3.62. The number of rotatable bonds is 6. The van der Waals surface area contributed by atoms with Gasteiger partial charge >= 0.3 is 0 Å². The third-order valence-corrected chi connectivity index (χ3v) is 4.00. The van der Waals surface area contributed by atoms with Crippen molar-refractivity contribution in [3.05, 3.63) is 28.3 Å². The summed E-state index contributed by atoms with van der Waals surface area (Å²) in [5.41, 5.74) is 0.0190. The van der Waals surface area contributed by atoms with Crippen molar-refractivity contribution in [2.24, 2.45) is 11.1 Å². The van der Waals surface area contributed by atoms with E-state index in [1.54, 1.807) is 0 Å². The number of primary sulfonamides is 1. The molecular formula is C11H15N3O4S. The maximum absolute atomic E-state index is 11.5. The fourth-order valence-electron chi connectivity index (χ4n) is 1.82. The average molecular weight is 285 g/mol. The van der Waals surface area contributed by atoms with Gasteiger partial charge < -0.3 is 5.32 Å². The first kappa shape index (κ1) is 13.8. The molecule has 1 saturated carbocycles. The molecule has 0 spiro atoms. The van der Waals surface area contributed by atoms with Gasteiger partial charge in [0.1, 0.15) is 4.90 Å². The highest BCUT2D eigenvalue weighted by molar-refractivity contribution is 7.89. The van der Waals surface area contributed by atoms with Gasteiger partial charge in [0.25, 0.3) is 5.69 Å². The van der Waals surface area contributed by atoms with Gasteiger partial charge in [0.05, 0.1) is 10.6 Å². The van der Waals surface area contributed by atoms with Crippen molar-refractivity contribution in [3.63, 3.8) is 0 Å². The van der Waals surface area contributed by atoms with Gasteiger partial charge in [-0.05, 0) is 18.4 Å². The molecule has 1 aromatic rings. The molecule has 0 aliphatic heterocycles. The summed E-state index contributed by atoms with van der Waals surface area (Å²) in [5.74, 6) is 0.712. The Morgan fingerprint density at radius 3 is 2.63 bits per heavy atom. The second kappa shape index (κ2) is 5.14. The number of nitro benzene ring substituents is 1. The summed E-state index contributed by atoms with van der Waals surface area (Å²) in [6.07, 6.45) is 3.38. The highest BCUT2D eigenvalue weighted by Crippen LogP contribution is 2.32. The van der Waals surface area contributed by atoms with Gasteiger partial charge in [-0.25, -0.2) is 13.6 Å². The van der Waals surface area contributed by atoms with Crippen molar-refractivity contribution < 1.29 is 13.3 Å². The van der Waals surface area contributed by atoms with E-state index in [-0.39, 0.29) is 10.6 Å². The molecule has 0 saturated heterocycles. The molecule has 1 fully saturated rings. The smallest absolute Gasteiger partial charge is 0.270 e. The van der Waals surface area contributed by atoms with E-state index in [4.69, 9.17) is 5.14 Å². The van der Waals surface area contributed by atoms with Crippen molar-refractivity contribution in [1.29, 1.82) is 0 Å². The summed E-state index contributed by atoms with van der Waals surface area (Å²) in [4.78, 5) is 9.76. The number of anilines is 1. The summed E-state index contributed by atoms with van der Waals surface area (Å²) < 4.78 is 22.9. The minimum atomic E-state index is -3.99. The maximum atomic E-state index is 11.5. The van der Waals surface area contributed by atoms with E-state index in [1.807, 2.05) is 0 Å². The Bertz CT molecular complexity index is 596. The minimum Gasteiger partial charge on any atom is -0.384 e. The lowest BCUT2D eigenvalue weighted by atomic mass is 10.2. The lowest BCUT2D eigenvalue weighted by molar-refractivity contribution is -0.385. The standard InChI is InChI=1S/C11H15N3O4S/c12-19(17,18)11-7-9(14(15)16)3-4-10(11)13-6-5-8-1-2-8/h3-4,7-8,13H,1-2,5-6H2,(H2,12,17,18). The topological polar surface area (TPSA) is 115 Å². The fourth-order valence-corrected chi connectivity index (χ4v) is 2.56. The zero-order valence-corrected chi connectivity index (χ0v) is 11.0. The van der Waals surface area contributed by atoms with Crippen molar-refractivity contribution >= 4 is 21.4 Å². The number of hydrogen-bond acceptors (Lipinski definition) is 5. The number of non-ortho nitro benzene ring substituents is 1. The van der Waals surface area contributed by atoms with E-state index in [9.17, 15) is 18.5 Å². The highest BCUT2D eigenvalue weighted by Gasteiger charge is 2.22. The Labute approximate surface area is 111 Å². The number of sulfonamides is 1. The van der Waals surface area contributed by atoms with Crippen molar-refractivity contribution in [2.45, 2.75) is 24.2 Å². The Kier molecular flexibility index (Phi) is 3.72. The molecule has 0 unspecified atom stereocenters. The van der Waals surface area contributed by atoms with E-state index in [0.717, 1.165) is 12.5 Å². The van der Waals surface area contributed by atoms with Gasteiger partial charge in [0, 0.05) is 18.7 Å². The molecule has 2 rings (SSSR count). The van der Waals surface area contributed by atoms with Crippen molar-refractivity contribution in [1.82, 2.24) is 0 Å². The van der Waals surface area contributed by atoms with Crippen LogP contribution in [0.1, 0.15) is 19.3 Å². The lowest BCUT2D eigenvalue weighted by Gasteiger charge is -2.10. The molecule has 0 bridgehead atoms. The third-order valence-electron chi connectivity index (χ3n) is 3.05. The molecule has 1 aromatic carbocycles. The Balaban J connectivity index is 2.22.